The molecular formula is C21H20N4O3. The monoisotopic (exact) mass is 376 g/mol. The van der Waals surface area contributed by atoms with Crippen LogP contribution in [-0.4, -0.2) is 47.3 Å². The molecule has 1 fully saturated rings. The zero-order chi connectivity index (χ0) is 19.2. The van der Waals surface area contributed by atoms with E-state index in [1.54, 1.807) is 17.0 Å². The van der Waals surface area contributed by atoms with Gasteiger partial charge in [0.25, 0.3) is 5.91 Å². The summed E-state index contributed by atoms with van der Waals surface area (Å²) >= 11 is 0. The Morgan fingerprint density at radius 1 is 0.893 bits per heavy atom. The molecule has 2 heterocycles. The molecule has 142 valence electrons. The summed E-state index contributed by atoms with van der Waals surface area (Å²) in [4.78, 5) is 14.1. The van der Waals surface area contributed by atoms with Crippen molar-refractivity contribution in [3.8, 4) is 11.5 Å². The first-order valence-corrected chi connectivity index (χ1v) is 9.09. The standard InChI is InChI=1S/C21H20N4O3/c26-21(25-12-14-27-15-13-25)19-10-11-20(24-23-19)22-16-6-8-18(9-7-16)28-17-4-2-1-3-5-17/h1-11H,12-15H2,(H,22,24). The normalized spacial score (nSPS) is 13.8. The number of hydrogen-bond acceptors (Lipinski definition) is 6. The van der Waals surface area contributed by atoms with Crippen LogP contribution in [0.15, 0.2) is 66.7 Å². The van der Waals surface area contributed by atoms with E-state index < -0.39 is 0 Å². The van der Waals surface area contributed by atoms with Gasteiger partial charge in [-0.15, -0.1) is 10.2 Å². The fourth-order valence-electron chi connectivity index (χ4n) is 2.82. The van der Waals surface area contributed by atoms with Gasteiger partial charge in [-0.05, 0) is 48.5 Å². The van der Waals surface area contributed by atoms with Gasteiger partial charge in [0, 0.05) is 18.8 Å². The summed E-state index contributed by atoms with van der Waals surface area (Å²) < 4.78 is 11.0. The smallest absolute Gasteiger partial charge is 0.274 e. The van der Waals surface area contributed by atoms with Crippen molar-refractivity contribution in [2.24, 2.45) is 0 Å². The number of aromatic nitrogens is 2. The van der Waals surface area contributed by atoms with Crippen molar-refractivity contribution in [3.05, 3.63) is 72.4 Å². The van der Waals surface area contributed by atoms with Crippen LogP contribution in [0.2, 0.25) is 0 Å². The highest BCUT2D eigenvalue weighted by Crippen LogP contribution is 2.23. The third kappa shape index (κ3) is 4.44. The zero-order valence-electron chi connectivity index (χ0n) is 15.2. The van der Waals surface area contributed by atoms with Gasteiger partial charge in [-0.3, -0.25) is 4.79 Å². The van der Waals surface area contributed by atoms with Crippen LogP contribution in [0.25, 0.3) is 0 Å². The Morgan fingerprint density at radius 2 is 1.61 bits per heavy atom. The second kappa shape index (κ2) is 8.49. The summed E-state index contributed by atoms with van der Waals surface area (Å²) in [5.41, 5.74) is 1.18. The molecule has 3 aromatic rings. The van der Waals surface area contributed by atoms with Gasteiger partial charge in [0.2, 0.25) is 0 Å². The van der Waals surface area contributed by atoms with Crippen LogP contribution in [0.5, 0.6) is 11.5 Å². The molecule has 1 saturated heterocycles. The Labute approximate surface area is 162 Å². The molecule has 1 aliphatic heterocycles. The highest BCUT2D eigenvalue weighted by molar-refractivity contribution is 5.92. The van der Waals surface area contributed by atoms with Crippen LogP contribution in [0.1, 0.15) is 10.5 Å². The van der Waals surface area contributed by atoms with E-state index in [9.17, 15) is 4.79 Å². The van der Waals surface area contributed by atoms with Gasteiger partial charge in [-0.2, -0.15) is 0 Å². The Kier molecular flexibility index (Phi) is 5.44. The predicted octanol–water partition coefficient (Wildman–Crippen LogP) is 3.48. The number of morpholine rings is 1. The molecule has 4 rings (SSSR count). The Bertz CT molecular complexity index is 909. The molecule has 2 aromatic carbocycles. The summed E-state index contributed by atoms with van der Waals surface area (Å²) in [6.07, 6.45) is 0. The number of para-hydroxylation sites is 1. The molecule has 0 atom stereocenters. The van der Waals surface area contributed by atoms with E-state index in [0.717, 1.165) is 17.2 Å². The van der Waals surface area contributed by atoms with Crippen LogP contribution in [0, 0.1) is 0 Å². The summed E-state index contributed by atoms with van der Waals surface area (Å²) in [7, 11) is 0. The molecule has 1 amide bonds. The first-order chi connectivity index (χ1) is 13.8. The largest absolute Gasteiger partial charge is 0.457 e. The molecule has 28 heavy (non-hydrogen) atoms. The molecule has 7 heteroatoms. The van der Waals surface area contributed by atoms with Gasteiger partial charge in [0.15, 0.2) is 11.5 Å². The summed E-state index contributed by atoms with van der Waals surface area (Å²) in [5.74, 6) is 1.98. The second-order valence-electron chi connectivity index (χ2n) is 6.27. The van der Waals surface area contributed by atoms with Crippen molar-refractivity contribution in [2.75, 3.05) is 31.6 Å². The topological polar surface area (TPSA) is 76.6 Å². The van der Waals surface area contributed by atoms with Crippen molar-refractivity contribution in [1.82, 2.24) is 15.1 Å². The number of nitrogens with zero attached hydrogens (tertiary/aromatic N) is 3. The van der Waals surface area contributed by atoms with E-state index in [-0.39, 0.29) is 5.91 Å². The lowest BCUT2D eigenvalue weighted by atomic mass is 10.3. The number of rotatable bonds is 5. The van der Waals surface area contributed by atoms with Gasteiger partial charge in [0.05, 0.1) is 13.2 Å². The van der Waals surface area contributed by atoms with E-state index in [4.69, 9.17) is 9.47 Å². The van der Waals surface area contributed by atoms with E-state index in [1.807, 2.05) is 54.6 Å². The van der Waals surface area contributed by atoms with E-state index >= 15 is 0 Å². The molecular weight excluding hydrogens is 356 g/mol. The highest BCUT2D eigenvalue weighted by atomic mass is 16.5. The lowest BCUT2D eigenvalue weighted by Crippen LogP contribution is -2.41. The highest BCUT2D eigenvalue weighted by Gasteiger charge is 2.19. The lowest BCUT2D eigenvalue weighted by Gasteiger charge is -2.26. The molecule has 7 nitrogen and oxygen atoms in total. The minimum absolute atomic E-state index is 0.121. The number of carbonyl (C=O) groups excluding carboxylic acids is 1. The van der Waals surface area contributed by atoms with Crippen LogP contribution < -0.4 is 10.1 Å². The molecule has 0 bridgehead atoms. The second-order valence-corrected chi connectivity index (χ2v) is 6.27. The third-order valence-corrected chi connectivity index (χ3v) is 4.29. The van der Waals surface area contributed by atoms with Gasteiger partial charge in [-0.25, -0.2) is 0 Å². The maximum absolute atomic E-state index is 12.4. The molecule has 1 aromatic heterocycles. The van der Waals surface area contributed by atoms with Crippen molar-refractivity contribution in [3.63, 3.8) is 0 Å². The number of amides is 1. The fourth-order valence-corrected chi connectivity index (χ4v) is 2.82. The number of carbonyl (C=O) groups is 1. The SMILES string of the molecule is O=C(c1ccc(Nc2ccc(Oc3ccccc3)cc2)nn1)N1CCOCC1. The molecule has 1 aliphatic rings. The molecule has 1 N–H and O–H groups in total. The molecule has 0 spiro atoms. The van der Waals surface area contributed by atoms with E-state index in [2.05, 4.69) is 15.5 Å². The summed E-state index contributed by atoms with van der Waals surface area (Å²) in [5, 5.41) is 11.3. The number of ether oxygens (including phenoxy) is 2. The Morgan fingerprint density at radius 3 is 2.29 bits per heavy atom. The lowest BCUT2D eigenvalue weighted by molar-refractivity contribution is 0.0298. The van der Waals surface area contributed by atoms with Gasteiger partial charge in [0.1, 0.15) is 11.5 Å². The zero-order valence-corrected chi connectivity index (χ0v) is 15.2. The average molecular weight is 376 g/mol. The number of nitrogens with one attached hydrogen (secondary N) is 1. The van der Waals surface area contributed by atoms with Crippen molar-refractivity contribution in [1.29, 1.82) is 0 Å². The first-order valence-electron chi connectivity index (χ1n) is 9.09. The van der Waals surface area contributed by atoms with Crippen LogP contribution in [0.4, 0.5) is 11.5 Å². The van der Waals surface area contributed by atoms with Crippen LogP contribution in [-0.2, 0) is 4.74 Å². The minimum atomic E-state index is -0.121. The number of benzene rings is 2. The Balaban J connectivity index is 1.37. The van der Waals surface area contributed by atoms with Crippen LogP contribution >= 0.6 is 0 Å². The van der Waals surface area contributed by atoms with Gasteiger partial charge >= 0.3 is 0 Å². The van der Waals surface area contributed by atoms with Crippen molar-refractivity contribution in [2.45, 2.75) is 0 Å². The number of anilines is 2. The maximum atomic E-state index is 12.4. The van der Waals surface area contributed by atoms with Crippen LogP contribution in [0.3, 0.4) is 0 Å². The fraction of sp³-hybridized carbons (Fsp3) is 0.190. The van der Waals surface area contributed by atoms with Crippen molar-refractivity contribution < 1.29 is 14.3 Å². The molecule has 0 aliphatic carbocycles. The average Bonchev–Trinajstić information content (AvgIpc) is 2.76. The van der Waals surface area contributed by atoms with Crippen molar-refractivity contribution >= 4 is 17.4 Å². The molecule has 0 radical (unpaired) electrons. The quantitative estimate of drug-likeness (QED) is 0.735. The van der Waals surface area contributed by atoms with Gasteiger partial charge < -0.3 is 19.7 Å². The molecule has 0 saturated carbocycles. The minimum Gasteiger partial charge on any atom is -0.457 e. The van der Waals surface area contributed by atoms with E-state index in [0.29, 0.717) is 37.8 Å². The Hall–Kier alpha value is -3.45. The van der Waals surface area contributed by atoms with E-state index in [1.165, 1.54) is 0 Å². The molecule has 0 unspecified atom stereocenters. The summed E-state index contributed by atoms with van der Waals surface area (Å²) in [6, 6.07) is 20.6. The third-order valence-electron chi connectivity index (χ3n) is 4.29. The van der Waals surface area contributed by atoms with Gasteiger partial charge in [-0.1, -0.05) is 18.2 Å². The predicted molar refractivity (Wildman–Crippen MR) is 105 cm³/mol. The maximum Gasteiger partial charge on any atom is 0.274 e. The summed E-state index contributed by atoms with van der Waals surface area (Å²) in [6.45, 7) is 2.28. The number of hydrogen-bond donors (Lipinski definition) is 1. The first kappa shape index (κ1) is 17.9.